The number of carbonyl (C=O) groups is 2. The van der Waals surface area contributed by atoms with E-state index in [0.717, 1.165) is 17.6 Å². The van der Waals surface area contributed by atoms with Gasteiger partial charge in [0.15, 0.2) is 0 Å². The lowest BCUT2D eigenvalue weighted by Crippen LogP contribution is -2.21. The monoisotopic (exact) mass is 282 g/mol. The van der Waals surface area contributed by atoms with Gasteiger partial charge in [0.25, 0.3) is 0 Å². The van der Waals surface area contributed by atoms with Crippen molar-refractivity contribution in [3.8, 4) is 0 Å². The van der Waals surface area contributed by atoms with E-state index in [2.05, 4.69) is 20.2 Å². The van der Waals surface area contributed by atoms with Crippen LogP contribution in [0.4, 0.5) is 19.9 Å². The summed E-state index contributed by atoms with van der Waals surface area (Å²) >= 11 is 0.952. The summed E-state index contributed by atoms with van der Waals surface area (Å²) in [6.45, 7) is 0. The topological polar surface area (TPSA) is 104 Å². The summed E-state index contributed by atoms with van der Waals surface area (Å²) in [5.41, 5.74) is -0.734. The number of amides is 2. The Balaban J connectivity index is 2.17. The molecule has 0 bridgehead atoms. The molecule has 0 atom stereocenters. The Morgan fingerprint density at radius 1 is 1.32 bits per heavy atom. The Labute approximate surface area is 110 Å². The molecule has 0 aliphatic rings. The number of aromatic carboxylic acids is 1. The van der Waals surface area contributed by atoms with Crippen molar-refractivity contribution in [2.75, 3.05) is 10.6 Å². The number of urea groups is 1. The van der Waals surface area contributed by atoms with E-state index in [4.69, 9.17) is 5.11 Å². The number of benzene rings is 1. The van der Waals surface area contributed by atoms with Crippen LogP contribution in [0, 0.1) is 5.82 Å². The van der Waals surface area contributed by atoms with Gasteiger partial charge < -0.3 is 10.4 Å². The second kappa shape index (κ2) is 5.40. The van der Waals surface area contributed by atoms with Crippen LogP contribution in [-0.4, -0.2) is 26.7 Å². The number of carboxylic acid groups (broad SMARTS) is 1. The molecule has 0 fully saturated rings. The van der Waals surface area contributed by atoms with E-state index in [-0.39, 0.29) is 5.69 Å². The number of aromatic nitrogens is 2. The molecule has 0 saturated heterocycles. The molecule has 3 N–H and O–H groups in total. The Hall–Kier alpha value is -2.55. The third-order valence-corrected chi connectivity index (χ3v) is 2.65. The third kappa shape index (κ3) is 3.01. The number of halogens is 1. The van der Waals surface area contributed by atoms with Crippen molar-refractivity contribution >= 4 is 34.2 Å². The zero-order chi connectivity index (χ0) is 13.8. The minimum atomic E-state index is -1.46. The molecule has 98 valence electrons. The normalized spacial score (nSPS) is 9.95. The van der Waals surface area contributed by atoms with Gasteiger partial charge >= 0.3 is 12.0 Å². The summed E-state index contributed by atoms with van der Waals surface area (Å²) in [6.07, 6.45) is 1.33. The maximum Gasteiger partial charge on any atom is 0.340 e. The molecule has 0 aliphatic carbocycles. The average Bonchev–Trinajstić information content (AvgIpc) is 2.81. The number of anilines is 2. The van der Waals surface area contributed by atoms with Crippen LogP contribution in [0.25, 0.3) is 0 Å². The highest BCUT2D eigenvalue weighted by molar-refractivity contribution is 7.10. The molecule has 7 nitrogen and oxygen atoms in total. The molecule has 2 rings (SSSR count). The summed E-state index contributed by atoms with van der Waals surface area (Å²) < 4.78 is 16.9. The largest absolute Gasteiger partial charge is 0.478 e. The van der Waals surface area contributed by atoms with Gasteiger partial charge in [0.2, 0.25) is 0 Å². The number of nitrogens with one attached hydrogen (secondary N) is 2. The van der Waals surface area contributed by atoms with Crippen LogP contribution in [0.2, 0.25) is 0 Å². The van der Waals surface area contributed by atoms with Crippen molar-refractivity contribution in [2.24, 2.45) is 0 Å². The number of carboxylic acids is 1. The summed E-state index contributed by atoms with van der Waals surface area (Å²) in [4.78, 5) is 22.5. The van der Waals surface area contributed by atoms with Crippen LogP contribution in [0.3, 0.4) is 0 Å². The minimum Gasteiger partial charge on any atom is -0.478 e. The average molecular weight is 282 g/mol. The predicted octanol–water partition coefficient (Wildman–Crippen LogP) is 2.02. The summed E-state index contributed by atoms with van der Waals surface area (Å²) in [5, 5.41) is 17.4. The third-order valence-electron chi connectivity index (χ3n) is 2.07. The fourth-order valence-corrected chi connectivity index (χ4v) is 1.75. The highest BCUT2D eigenvalue weighted by Crippen LogP contribution is 2.19. The fourth-order valence-electron chi connectivity index (χ4n) is 1.33. The van der Waals surface area contributed by atoms with Crippen molar-refractivity contribution in [1.29, 1.82) is 0 Å². The van der Waals surface area contributed by atoms with E-state index in [0.29, 0.717) is 5.00 Å². The van der Waals surface area contributed by atoms with Crippen molar-refractivity contribution in [3.63, 3.8) is 0 Å². The Bertz CT molecular complexity index is 617. The number of rotatable bonds is 3. The van der Waals surface area contributed by atoms with Crippen LogP contribution in [-0.2, 0) is 0 Å². The Morgan fingerprint density at radius 2 is 2.11 bits per heavy atom. The van der Waals surface area contributed by atoms with Gasteiger partial charge in [-0.3, -0.25) is 5.32 Å². The van der Waals surface area contributed by atoms with Crippen LogP contribution in [0.15, 0.2) is 24.4 Å². The lowest BCUT2D eigenvalue weighted by Gasteiger charge is -2.08. The molecule has 0 aliphatic heterocycles. The number of nitrogens with zero attached hydrogens (tertiary/aromatic N) is 2. The highest BCUT2D eigenvalue weighted by Gasteiger charge is 2.17. The molecule has 0 spiro atoms. The van der Waals surface area contributed by atoms with Gasteiger partial charge in [-0.1, -0.05) is 10.6 Å². The second-order valence-electron chi connectivity index (χ2n) is 3.33. The van der Waals surface area contributed by atoms with E-state index in [1.54, 1.807) is 0 Å². The molecule has 2 amide bonds. The van der Waals surface area contributed by atoms with E-state index < -0.39 is 23.4 Å². The summed E-state index contributed by atoms with van der Waals surface area (Å²) in [6, 6.07) is 2.88. The maximum absolute atomic E-state index is 13.4. The SMILES string of the molecule is O=C(Nc1cnns1)Nc1cccc(F)c1C(=O)O. The first-order chi connectivity index (χ1) is 9.08. The van der Waals surface area contributed by atoms with Crippen LogP contribution >= 0.6 is 11.5 Å². The van der Waals surface area contributed by atoms with Gasteiger partial charge in [-0.15, -0.1) is 5.10 Å². The van der Waals surface area contributed by atoms with Gasteiger partial charge in [0.05, 0.1) is 11.9 Å². The number of hydrogen-bond donors (Lipinski definition) is 3. The standard InChI is InChI=1S/C10H7FN4O3S/c11-5-2-1-3-6(8(5)9(16)17)13-10(18)14-7-4-12-15-19-7/h1-4H,(H,16,17)(H2,13,14,18). The highest BCUT2D eigenvalue weighted by atomic mass is 32.1. The van der Waals surface area contributed by atoms with E-state index in [9.17, 15) is 14.0 Å². The smallest absolute Gasteiger partial charge is 0.340 e. The fraction of sp³-hybridized carbons (Fsp3) is 0. The van der Waals surface area contributed by atoms with E-state index >= 15 is 0 Å². The molecule has 0 saturated carbocycles. The lowest BCUT2D eigenvalue weighted by atomic mass is 10.1. The van der Waals surface area contributed by atoms with Crippen molar-refractivity contribution < 1.29 is 19.1 Å². The first kappa shape index (κ1) is 12.9. The van der Waals surface area contributed by atoms with Gasteiger partial charge in [0, 0.05) is 11.5 Å². The second-order valence-corrected chi connectivity index (χ2v) is 4.11. The zero-order valence-corrected chi connectivity index (χ0v) is 10.1. The van der Waals surface area contributed by atoms with Crippen molar-refractivity contribution in [2.45, 2.75) is 0 Å². The molecular weight excluding hydrogens is 275 g/mol. The molecule has 1 heterocycles. The van der Waals surface area contributed by atoms with Gasteiger partial charge in [-0.25, -0.2) is 14.0 Å². The predicted molar refractivity (Wildman–Crippen MR) is 65.9 cm³/mol. The molecule has 19 heavy (non-hydrogen) atoms. The van der Waals surface area contributed by atoms with E-state index in [1.165, 1.54) is 18.3 Å². The first-order valence-corrected chi connectivity index (χ1v) is 5.72. The molecule has 2 aromatic rings. The quantitative estimate of drug-likeness (QED) is 0.798. The van der Waals surface area contributed by atoms with Gasteiger partial charge in [-0.05, 0) is 12.1 Å². The van der Waals surface area contributed by atoms with Gasteiger partial charge in [0.1, 0.15) is 16.4 Å². The zero-order valence-electron chi connectivity index (χ0n) is 9.25. The Kier molecular flexibility index (Phi) is 3.66. The van der Waals surface area contributed by atoms with Crippen LogP contribution in [0.1, 0.15) is 10.4 Å². The minimum absolute atomic E-state index is 0.137. The molecule has 0 unspecified atom stereocenters. The van der Waals surface area contributed by atoms with Crippen molar-refractivity contribution in [1.82, 2.24) is 9.59 Å². The van der Waals surface area contributed by atoms with Crippen LogP contribution in [0.5, 0.6) is 0 Å². The number of hydrogen-bond acceptors (Lipinski definition) is 5. The molecular formula is C10H7FN4O3S. The van der Waals surface area contributed by atoms with E-state index in [1.807, 2.05) is 0 Å². The molecule has 0 radical (unpaired) electrons. The lowest BCUT2D eigenvalue weighted by molar-refractivity contribution is 0.0693. The van der Waals surface area contributed by atoms with Crippen molar-refractivity contribution in [3.05, 3.63) is 35.8 Å². The van der Waals surface area contributed by atoms with Gasteiger partial charge in [-0.2, -0.15) is 0 Å². The molecule has 9 heteroatoms. The maximum atomic E-state index is 13.4. The Morgan fingerprint density at radius 3 is 2.74 bits per heavy atom. The first-order valence-electron chi connectivity index (χ1n) is 4.95. The number of carbonyl (C=O) groups excluding carboxylic acids is 1. The molecule has 1 aromatic heterocycles. The molecule has 1 aromatic carbocycles. The van der Waals surface area contributed by atoms with Crippen LogP contribution < -0.4 is 10.6 Å². The summed E-state index contributed by atoms with van der Waals surface area (Å²) in [7, 11) is 0. The summed E-state index contributed by atoms with van der Waals surface area (Å²) in [5.74, 6) is -2.39.